The van der Waals surface area contributed by atoms with Crippen LogP contribution in [-0.4, -0.2) is 27.9 Å². The molecular formula is C31H27N2+. The molecule has 0 saturated heterocycles. The lowest BCUT2D eigenvalue weighted by atomic mass is 9.59. The van der Waals surface area contributed by atoms with Gasteiger partial charge in [0.05, 0.1) is 11.8 Å². The van der Waals surface area contributed by atoms with Gasteiger partial charge in [-0.15, -0.1) is 0 Å². The molecule has 33 heavy (non-hydrogen) atoms. The van der Waals surface area contributed by atoms with E-state index in [0.29, 0.717) is 23.9 Å². The first-order valence-corrected chi connectivity index (χ1v) is 12.0. The summed E-state index contributed by atoms with van der Waals surface area (Å²) in [6.45, 7) is 1.89. The fourth-order valence-electron chi connectivity index (χ4n) is 6.62. The van der Waals surface area contributed by atoms with E-state index in [4.69, 9.17) is 0 Å². The van der Waals surface area contributed by atoms with Gasteiger partial charge in [-0.3, -0.25) is 9.48 Å². The van der Waals surface area contributed by atoms with E-state index in [2.05, 4.69) is 125 Å². The molecule has 0 saturated carbocycles. The number of rotatable bonds is 4. The van der Waals surface area contributed by atoms with Crippen LogP contribution in [0.2, 0.25) is 0 Å². The zero-order valence-corrected chi connectivity index (χ0v) is 18.6. The van der Waals surface area contributed by atoms with E-state index in [1.165, 1.54) is 33.4 Å². The normalized spacial score (nSPS) is 24.1. The topological polar surface area (TPSA) is 6.25 Å². The molecule has 0 fully saturated rings. The highest BCUT2D eigenvalue weighted by atomic mass is 15.3. The number of nitrogens with zero attached hydrogens (tertiary/aromatic N) is 2. The van der Waals surface area contributed by atoms with Gasteiger partial charge < -0.3 is 0 Å². The van der Waals surface area contributed by atoms with E-state index in [0.717, 1.165) is 13.1 Å². The first-order valence-electron chi connectivity index (χ1n) is 12.0. The van der Waals surface area contributed by atoms with Crippen molar-refractivity contribution < 1.29 is 4.58 Å². The Morgan fingerprint density at radius 3 is 1.61 bits per heavy atom. The molecule has 8 rings (SSSR count). The second-order valence-electron chi connectivity index (χ2n) is 9.63. The van der Waals surface area contributed by atoms with Crippen LogP contribution in [-0.2, 0) is 13.1 Å². The molecule has 3 aliphatic carbocycles. The second-order valence-corrected chi connectivity index (χ2v) is 9.63. The number of benzene rings is 4. The van der Waals surface area contributed by atoms with E-state index in [1.807, 2.05) is 0 Å². The number of hydrogen-bond acceptors (Lipinski definition) is 1. The van der Waals surface area contributed by atoms with Crippen LogP contribution < -0.4 is 0 Å². The molecule has 0 aromatic heterocycles. The van der Waals surface area contributed by atoms with Crippen LogP contribution in [0.1, 0.15) is 45.2 Å². The molecule has 1 aliphatic heterocycles. The highest BCUT2D eigenvalue weighted by Crippen LogP contribution is 2.56. The Hall–Kier alpha value is -3.65. The van der Waals surface area contributed by atoms with Gasteiger partial charge in [0.15, 0.2) is 0 Å². The van der Waals surface area contributed by atoms with Crippen molar-refractivity contribution >= 4 is 6.34 Å². The third-order valence-electron chi connectivity index (χ3n) is 7.84. The molecule has 1 heterocycles. The molecule has 4 aromatic rings. The maximum atomic E-state index is 2.63. The van der Waals surface area contributed by atoms with Crippen molar-refractivity contribution in [2.45, 2.75) is 37.0 Å². The SMILES string of the molecule is C1=[N+](Cc2ccccc2)[C@H]2C3c4ccccc4C(c4ccccc43)C2N1Cc1ccccc1. The summed E-state index contributed by atoms with van der Waals surface area (Å²) in [6, 6.07) is 41.1. The Labute approximate surface area is 195 Å². The maximum Gasteiger partial charge on any atom is 0.235 e. The van der Waals surface area contributed by atoms with Crippen LogP contribution in [0.3, 0.4) is 0 Å². The Bertz CT molecular complexity index is 1290. The van der Waals surface area contributed by atoms with E-state index in [1.54, 1.807) is 0 Å². The molecule has 2 bridgehead atoms. The summed E-state index contributed by atoms with van der Waals surface area (Å²) in [5.41, 5.74) is 8.84. The van der Waals surface area contributed by atoms with Crippen LogP contribution in [0, 0.1) is 0 Å². The summed E-state index contributed by atoms with van der Waals surface area (Å²) in [7, 11) is 0. The van der Waals surface area contributed by atoms with Crippen molar-refractivity contribution in [3.63, 3.8) is 0 Å². The lowest BCUT2D eigenvalue weighted by molar-refractivity contribution is -0.575. The predicted molar refractivity (Wildman–Crippen MR) is 133 cm³/mol. The summed E-state index contributed by atoms with van der Waals surface area (Å²) in [6.07, 6.45) is 2.44. The van der Waals surface area contributed by atoms with Crippen LogP contribution in [0.25, 0.3) is 0 Å². The van der Waals surface area contributed by atoms with E-state index >= 15 is 0 Å². The minimum atomic E-state index is 0.396. The van der Waals surface area contributed by atoms with Crippen molar-refractivity contribution in [1.29, 1.82) is 0 Å². The molecule has 0 N–H and O–H groups in total. The van der Waals surface area contributed by atoms with Gasteiger partial charge in [0, 0.05) is 0 Å². The molecule has 2 atom stereocenters. The van der Waals surface area contributed by atoms with Crippen molar-refractivity contribution in [3.05, 3.63) is 143 Å². The minimum Gasteiger partial charge on any atom is -0.256 e. The van der Waals surface area contributed by atoms with Gasteiger partial charge in [-0.2, -0.15) is 0 Å². The van der Waals surface area contributed by atoms with Crippen molar-refractivity contribution in [1.82, 2.24) is 4.90 Å². The van der Waals surface area contributed by atoms with Gasteiger partial charge >= 0.3 is 0 Å². The molecule has 0 spiro atoms. The largest absolute Gasteiger partial charge is 0.256 e. The lowest BCUT2D eigenvalue weighted by Gasteiger charge is -2.47. The number of hydrogen-bond donors (Lipinski definition) is 0. The minimum absolute atomic E-state index is 0.396. The second kappa shape index (κ2) is 7.45. The highest BCUT2D eigenvalue weighted by Gasteiger charge is 2.59. The standard InChI is InChI=1S/C31H27N2/c1-3-11-22(12-4-1)19-32-21-33(20-23-13-5-2-6-14-23)31-29-26-17-9-7-15-24(26)28(30(31)32)25-16-8-10-18-27(25)29/h1-18,21,28-31H,19-20H2/q+1/t28?,29?,30-,31?/m0/s1. The molecule has 4 aromatic carbocycles. The quantitative estimate of drug-likeness (QED) is 0.375. The summed E-state index contributed by atoms with van der Waals surface area (Å²) in [5.74, 6) is 0.793. The zero-order chi connectivity index (χ0) is 21.8. The molecule has 2 heteroatoms. The Kier molecular flexibility index (Phi) is 4.26. The fraction of sp³-hybridized carbons (Fsp3) is 0.194. The van der Waals surface area contributed by atoms with Gasteiger partial charge in [-0.05, 0) is 33.4 Å². The average Bonchev–Trinajstić information content (AvgIpc) is 3.23. The first kappa shape index (κ1) is 18.9. The van der Waals surface area contributed by atoms with Crippen molar-refractivity contribution in [2.75, 3.05) is 0 Å². The highest BCUT2D eigenvalue weighted by molar-refractivity contribution is 5.63. The summed E-state index contributed by atoms with van der Waals surface area (Å²) in [5, 5.41) is 0. The smallest absolute Gasteiger partial charge is 0.235 e. The van der Waals surface area contributed by atoms with Gasteiger partial charge in [0.1, 0.15) is 25.2 Å². The molecule has 0 amide bonds. The zero-order valence-electron chi connectivity index (χ0n) is 18.6. The first-order chi connectivity index (χ1) is 16.4. The predicted octanol–water partition coefficient (Wildman–Crippen LogP) is 5.77. The fourth-order valence-corrected chi connectivity index (χ4v) is 6.62. The van der Waals surface area contributed by atoms with Crippen LogP contribution in [0.15, 0.2) is 109 Å². The molecular weight excluding hydrogens is 400 g/mol. The van der Waals surface area contributed by atoms with E-state index in [-0.39, 0.29) is 0 Å². The molecule has 1 unspecified atom stereocenters. The molecule has 2 nitrogen and oxygen atoms in total. The van der Waals surface area contributed by atoms with Gasteiger partial charge in [0.2, 0.25) is 6.34 Å². The third-order valence-corrected chi connectivity index (χ3v) is 7.84. The monoisotopic (exact) mass is 427 g/mol. The average molecular weight is 428 g/mol. The summed E-state index contributed by atoms with van der Waals surface area (Å²) in [4.78, 5) is 2.63. The van der Waals surface area contributed by atoms with Crippen LogP contribution >= 0.6 is 0 Å². The van der Waals surface area contributed by atoms with Crippen molar-refractivity contribution in [2.24, 2.45) is 0 Å². The Morgan fingerprint density at radius 1 is 0.545 bits per heavy atom. The van der Waals surface area contributed by atoms with Crippen LogP contribution in [0.4, 0.5) is 0 Å². The summed E-state index contributed by atoms with van der Waals surface area (Å²) >= 11 is 0. The van der Waals surface area contributed by atoms with Gasteiger partial charge in [-0.25, -0.2) is 0 Å². The van der Waals surface area contributed by atoms with Crippen molar-refractivity contribution in [3.8, 4) is 0 Å². The third kappa shape index (κ3) is 2.90. The molecule has 0 radical (unpaired) electrons. The van der Waals surface area contributed by atoms with Gasteiger partial charge in [-0.1, -0.05) is 109 Å². The summed E-state index contributed by atoms with van der Waals surface area (Å²) < 4.78 is 2.63. The van der Waals surface area contributed by atoms with Crippen LogP contribution in [0.5, 0.6) is 0 Å². The molecule has 160 valence electrons. The Morgan fingerprint density at radius 2 is 1.03 bits per heavy atom. The van der Waals surface area contributed by atoms with Gasteiger partial charge in [0.25, 0.3) is 0 Å². The Balaban J connectivity index is 1.39. The maximum absolute atomic E-state index is 2.63. The lowest BCUT2D eigenvalue weighted by Crippen LogP contribution is -2.53. The molecule has 4 aliphatic rings. The van der Waals surface area contributed by atoms with E-state index < -0.39 is 0 Å². The van der Waals surface area contributed by atoms with E-state index in [9.17, 15) is 0 Å².